The average Bonchev–Trinajstić information content (AvgIpc) is 2.61. The molecule has 0 radical (unpaired) electrons. The minimum absolute atomic E-state index is 0.00571. The van der Waals surface area contributed by atoms with Crippen LogP contribution in [0.5, 0.6) is 0 Å². The molecule has 132 valence electrons. The van der Waals surface area contributed by atoms with Gasteiger partial charge in [0.25, 0.3) is 5.69 Å². The summed E-state index contributed by atoms with van der Waals surface area (Å²) in [5.74, 6) is -0.120. The van der Waals surface area contributed by atoms with Crippen molar-refractivity contribution in [3.63, 3.8) is 0 Å². The fourth-order valence-electron chi connectivity index (χ4n) is 3.33. The van der Waals surface area contributed by atoms with Gasteiger partial charge in [0.05, 0.1) is 10.3 Å². The number of amides is 1. The van der Waals surface area contributed by atoms with Crippen LogP contribution >= 0.6 is 0 Å². The minimum Gasteiger partial charge on any atom is -0.381 e. The van der Waals surface area contributed by atoms with Crippen LogP contribution in [0.1, 0.15) is 19.3 Å². The SMILES string of the molecule is NC(=O)C[C@@H](Nc1ccc([N+](=O)[O-])c2cnccc12)C1CCOCC1. The highest BCUT2D eigenvalue weighted by Crippen LogP contribution is 2.33. The summed E-state index contributed by atoms with van der Waals surface area (Å²) in [4.78, 5) is 26.3. The molecule has 0 bridgehead atoms. The van der Waals surface area contributed by atoms with Crippen molar-refractivity contribution in [2.75, 3.05) is 18.5 Å². The van der Waals surface area contributed by atoms with Crippen LogP contribution in [0.25, 0.3) is 10.8 Å². The van der Waals surface area contributed by atoms with Gasteiger partial charge in [0.15, 0.2) is 0 Å². The molecule has 1 amide bonds. The Morgan fingerprint density at radius 2 is 2.12 bits per heavy atom. The van der Waals surface area contributed by atoms with E-state index in [4.69, 9.17) is 10.5 Å². The van der Waals surface area contributed by atoms with Gasteiger partial charge in [-0.2, -0.15) is 0 Å². The van der Waals surface area contributed by atoms with Crippen molar-refractivity contribution in [1.29, 1.82) is 0 Å². The quantitative estimate of drug-likeness (QED) is 0.612. The van der Waals surface area contributed by atoms with E-state index < -0.39 is 4.92 Å². The van der Waals surface area contributed by atoms with Gasteiger partial charge in [0.2, 0.25) is 5.91 Å². The van der Waals surface area contributed by atoms with Gasteiger partial charge in [-0.25, -0.2) is 0 Å². The van der Waals surface area contributed by atoms with Crippen molar-refractivity contribution in [3.05, 3.63) is 40.7 Å². The van der Waals surface area contributed by atoms with E-state index in [1.54, 1.807) is 18.3 Å². The second-order valence-corrected chi connectivity index (χ2v) is 6.18. The summed E-state index contributed by atoms with van der Waals surface area (Å²) >= 11 is 0. The maximum atomic E-state index is 11.5. The van der Waals surface area contributed by atoms with Gasteiger partial charge in [-0.15, -0.1) is 0 Å². The lowest BCUT2D eigenvalue weighted by atomic mass is 9.89. The maximum absolute atomic E-state index is 11.5. The molecule has 1 aliphatic rings. The summed E-state index contributed by atoms with van der Waals surface area (Å²) in [6.45, 7) is 1.32. The Morgan fingerprint density at radius 3 is 2.80 bits per heavy atom. The number of nitrogens with two attached hydrogens (primary N) is 1. The number of fused-ring (bicyclic) bond motifs is 1. The fraction of sp³-hybridized carbons (Fsp3) is 0.412. The lowest BCUT2D eigenvalue weighted by Crippen LogP contribution is -2.37. The number of aromatic nitrogens is 1. The van der Waals surface area contributed by atoms with Gasteiger partial charge in [0, 0.05) is 55.2 Å². The summed E-state index contributed by atoms with van der Waals surface area (Å²) in [6, 6.07) is 4.72. The van der Waals surface area contributed by atoms with Crippen molar-refractivity contribution in [2.45, 2.75) is 25.3 Å². The third kappa shape index (κ3) is 3.85. The number of pyridine rings is 1. The van der Waals surface area contributed by atoms with Crippen molar-refractivity contribution in [1.82, 2.24) is 4.98 Å². The molecule has 0 unspecified atom stereocenters. The van der Waals surface area contributed by atoms with E-state index in [1.807, 2.05) is 0 Å². The van der Waals surface area contributed by atoms with Crippen LogP contribution in [-0.4, -0.2) is 35.1 Å². The fourth-order valence-corrected chi connectivity index (χ4v) is 3.33. The number of hydrogen-bond donors (Lipinski definition) is 2. The number of carbonyl (C=O) groups excluding carboxylic acids is 1. The predicted molar refractivity (Wildman–Crippen MR) is 93.2 cm³/mol. The molecule has 3 N–H and O–H groups in total. The monoisotopic (exact) mass is 344 g/mol. The van der Waals surface area contributed by atoms with Crippen LogP contribution < -0.4 is 11.1 Å². The van der Waals surface area contributed by atoms with Crippen molar-refractivity contribution in [3.8, 4) is 0 Å². The summed E-state index contributed by atoms with van der Waals surface area (Å²) in [6.07, 6.45) is 4.97. The molecule has 1 aliphatic heterocycles. The number of rotatable bonds is 6. The summed E-state index contributed by atoms with van der Waals surface area (Å²) in [5, 5.41) is 15.8. The molecule has 8 heteroatoms. The molecule has 8 nitrogen and oxygen atoms in total. The molecular weight excluding hydrogens is 324 g/mol. The van der Waals surface area contributed by atoms with E-state index in [2.05, 4.69) is 10.3 Å². The van der Waals surface area contributed by atoms with Crippen LogP contribution in [0.3, 0.4) is 0 Å². The number of nitrogens with one attached hydrogen (secondary N) is 1. The molecule has 0 saturated carbocycles. The van der Waals surface area contributed by atoms with Crippen LogP contribution in [0.2, 0.25) is 0 Å². The second-order valence-electron chi connectivity index (χ2n) is 6.18. The van der Waals surface area contributed by atoms with Crippen LogP contribution in [-0.2, 0) is 9.53 Å². The summed E-state index contributed by atoms with van der Waals surface area (Å²) in [7, 11) is 0. The Hall–Kier alpha value is -2.74. The first-order valence-electron chi connectivity index (χ1n) is 8.20. The lowest BCUT2D eigenvalue weighted by Gasteiger charge is -2.31. The van der Waals surface area contributed by atoms with E-state index in [0.29, 0.717) is 24.0 Å². The molecular formula is C17H20N4O4. The number of primary amides is 1. The van der Waals surface area contributed by atoms with Gasteiger partial charge < -0.3 is 15.8 Å². The Morgan fingerprint density at radius 1 is 1.36 bits per heavy atom. The van der Waals surface area contributed by atoms with Crippen LogP contribution in [0.4, 0.5) is 11.4 Å². The topological polar surface area (TPSA) is 120 Å². The van der Waals surface area contributed by atoms with E-state index in [1.165, 1.54) is 12.3 Å². The molecule has 25 heavy (non-hydrogen) atoms. The smallest absolute Gasteiger partial charge is 0.278 e. The first-order chi connectivity index (χ1) is 12.1. The van der Waals surface area contributed by atoms with E-state index in [9.17, 15) is 14.9 Å². The van der Waals surface area contributed by atoms with Crippen LogP contribution in [0, 0.1) is 16.0 Å². The average molecular weight is 344 g/mol. The largest absolute Gasteiger partial charge is 0.381 e. The number of hydrogen-bond acceptors (Lipinski definition) is 6. The molecule has 2 heterocycles. The highest BCUT2D eigenvalue weighted by Gasteiger charge is 2.26. The zero-order valence-electron chi connectivity index (χ0n) is 13.7. The highest BCUT2D eigenvalue weighted by atomic mass is 16.6. The molecule has 1 aromatic carbocycles. The minimum atomic E-state index is -0.423. The number of anilines is 1. The molecule has 1 aromatic heterocycles. The number of nitrogens with zero attached hydrogens (tertiary/aromatic N) is 2. The van der Waals surface area contributed by atoms with E-state index in [-0.39, 0.29) is 30.0 Å². The Bertz CT molecular complexity index is 789. The van der Waals surface area contributed by atoms with E-state index >= 15 is 0 Å². The first-order valence-corrected chi connectivity index (χ1v) is 8.20. The summed E-state index contributed by atoms with van der Waals surface area (Å²) in [5.41, 5.74) is 6.16. The number of nitro groups is 1. The number of nitro benzene ring substituents is 1. The third-order valence-corrected chi connectivity index (χ3v) is 4.59. The summed E-state index contributed by atoms with van der Waals surface area (Å²) < 4.78 is 5.39. The number of carbonyl (C=O) groups is 1. The Kier molecular flexibility index (Phi) is 5.08. The van der Waals surface area contributed by atoms with Gasteiger partial charge >= 0.3 is 0 Å². The standard InChI is InChI=1S/C17H20N4O4/c18-17(22)9-15(11-4-7-25-8-5-11)20-14-1-2-16(21(23)24)13-10-19-6-3-12(13)14/h1-3,6,10-11,15,20H,4-5,7-9H2,(H2,18,22)/t15-/m1/s1. The zero-order valence-corrected chi connectivity index (χ0v) is 13.7. The number of benzene rings is 1. The van der Waals surface area contributed by atoms with Crippen molar-refractivity contribution < 1.29 is 14.5 Å². The first kappa shape index (κ1) is 17.1. The van der Waals surface area contributed by atoms with E-state index in [0.717, 1.165) is 18.5 Å². The van der Waals surface area contributed by atoms with Gasteiger partial charge in [-0.1, -0.05) is 0 Å². The van der Waals surface area contributed by atoms with Crippen LogP contribution in [0.15, 0.2) is 30.6 Å². The molecule has 0 spiro atoms. The highest BCUT2D eigenvalue weighted by molar-refractivity contribution is 5.99. The normalized spacial score (nSPS) is 16.5. The molecule has 1 fully saturated rings. The Balaban J connectivity index is 1.95. The molecule has 1 atom stereocenters. The van der Waals surface area contributed by atoms with Gasteiger partial charge in [-0.3, -0.25) is 19.9 Å². The number of non-ortho nitro benzene ring substituents is 1. The molecule has 0 aliphatic carbocycles. The molecule has 2 aromatic rings. The Labute approximate surface area is 144 Å². The van der Waals surface area contributed by atoms with Crippen molar-refractivity contribution >= 4 is 28.1 Å². The number of ether oxygens (including phenoxy) is 1. The van der Waals surface area contributed by atoms with Gasteiger partial charge in [0.1, 0.15) is 0 Å². The predicted octanol–water partition coefficient (Wildman–Crippen LogP) is 2.23. The van der Waals surface area contributed by atoms with Gasteiger partial charge in [-0.05, 0) is 30.9 Å². The zero-order chi connectivity index (χ0) is 17.8. The third-order valence-electron chi connectivity index (χ3n) is 4.59. The molecule has 3 rings (SSSR count). The lowest BCUT2D eigenvalue weighted by molar-refractivity contribution is -0.383. The maximum Gasteiger partial charge on any atom is 0.278 e. The second kappa shape index (κ2) is 7.43. The molecule has 1 saturated heterocycles. The van der Waals surface area contributed by atoms with Crippen molar-refractivity contribution in [2.24, 2.45) is 11.7 Å².